The number of halogens is 1. The number of fused-ring (bicyclic) bond motifs is 1. The monoisotopic (exact) mass is 404 g/mol. The lowest BCUT2D eigenvalue weighted by Crippen LogP contribution is -1.92. The number of aromatic hydroxyl groups is 1. The number of hydrogen-bond acceptors (Lipinski definition) is 4. The van der Waals surface area contributed by atoms with Gasteiger partial charge in [0.2, 0.25) is 5.89 Å². The van der Waals surface area contributed by atoms with Crippen LogP contribution in [0.5, 0.6) is 5.75 Å². The van der Waals surface area contributed by atoms with E-state index in [1.807, 2.05) is 38.1 Å². The predicted octanol–water partition coefficient (Wildman–Crippen LogP) is 6.84. The van der Waals surface area contributed by atoms with Crippen molar-refractivity contribution in [2.24, 2.45) is 4.99 Å². The van der Waals surface area contributed by atoms with Gasteiger partial charge < -0.3 is 9.52 Å². The summed E-state index contributed by atoms with van der Waals surface area (Å²) in [5.74, 6) is 0.746. The molecule has 4 aromatic rings. The number of oxazole rings is 1. The Kier molecular flexibility index (Phi) is 4.89. The first-order chi connectivity index (χ1) is 13.8. The van der Waals surface area contributed by atoms with E-state index in [0.29, 0.717) is 27.7 Å². The molecule has 0 spiro atoms. The van der Waals surface area contributed by atoms with Crippen LogP contribution in [0.2, 0.25) is 5.02 Å². The van der Waals surface area contributed by atoms with Crippen LogP contribution < -0.4 is 0 Å². The second kappa shape index (κ2) is 7.37. The quantitative estimate of drug-likeness (QED) is 0.380. The predicted molar refractivity (Wildman–Crippen MR) is 119 cm³/mol. The van der Waals surface area contributed by atoms with Crippen LogP contribution in [0.3, 0.4) is 0 Å². The molecule has 0 radical (unpaired) electrons. The van der Waals surface area contributed by atoms with Crippen molar-refractivity contribution in [1.82, 2.24) is 4.98 Å². The molecule has 4 nitrogen and oxygen atoms in total. The summed E-state index contributed by atoms with van der Waals surface area (Å²) >= 11 is 6.30. The van der Waals surface area contributed by atoms with Gasteiger partial charge in [-0.25, -0.2) is 4.98 Å². The van der Waals surface area contributed by atoms with Gasteiger partial charge in [-0.2, -0.15) is 0 Å². The zero-order chi connectivity index (χ0) is 20.7. The first-order valence-corrected chi connectivity index (χ1v) is 9.72. The van der Waals surface area contributed by atoms with E-state index in [1.54, 1.807) is 12.3 Å². The van der Waals surface area contributed by atoms with Crippen LogP contribution in [-0.4, -0.2) is 16.3 Å². The highest BCUT2D eigenvalue weighted by Gasteiger charge is 2.11. The van der Waals surface area contributed by atoms with Crippen molar-refractivity contribution in [2.45, 2.75) is 27.7 Å². The van der Waals surface area contributed by atoms with Gasteiger partial charge in [-0.3, -0.25) is 4.99 Å². The normalized spacial score (nSPS) is 11.6. The number of aliphatic imine (C=N–C) groups is 1. The summed E-state index contributed by atoms with van der Waals surface area (Å²) in [5.41, 5.74) is 7.77. The van der Waals surface area contributed by atoms with Crippen LogP contribution in [0.4, 0.5) is 5.69 Å². The van der Waals surface area contributed by atoms with Crippen LogP contribution in [0.15, 0.2) is 51.9 Å². The molecule has 0 aliphatic carbocycles. The summed E-state index contributed by atoms with van der Waals surface area (Å²) in [6.07, 6.45) is 1.63. The number of phenolic OH excluding ortho intramolecular Hbond substituents is 1. The molecule has 0 atom stereocenters. The fourth-order valence-electron chi connectivity index (χ4n) is 3.25. The fourth-order valence-corrected chi connectivity index (χ4v) is 3.40. The maximum absolute atomic E-state index is 10.2. The van der Waals surface area contributed by atoms with Gasteiger partial charge in [-0.15, -0.1) is 0 Å². The summed E-state index contributed by atoms with van der Waals surface area (Å²) in [6, 6.07) is 13.4. The number of hydrogen-bond donors (Lipinski definition) is 1. The van der Waals surface area contributed by atoms with Crippen LogP contribution in [0.1, 0.15) is 27.8 Å². The Morgan fingerprint density at radius 3 is 2.52 bits per heavy atom. The van der Waals surface area contributed by atoms with Crippen molar-refractivity contribution < 1.29 is 9.52 Å². The van der Waals surface area contributed by atoms with Gasteiger partial charge in [0.1, 0.15) is 11.3 Å². The number of aryl methyl sites for hydroxylation is 3. The maximum atomic E-state index is 10.2. The second-order valence-electron chi connectivity index (χ2n) is 7.29. The standard InChI is InChI=1S/C24H21ClN2O2/c1-13-5-6-17(9-14(13)2)24-27-20-11-18(7-8-22(20)29-24)26-12-19-16(4)23(25)15(3)10-21(19)28/h5-12,28H,1-4H3. The molecule has 5 heteroatoms. The van der Waals surface area contributed by atoms with Gasteiger partial charge >= 0.3 is 0 Å². The molecule has 0 aliphatic rings. The van der Waals surface area contributed by atoms with Crippen molar-refractivity contribution >= 4 is 34.6 Å². The third kappa shape index (κ3) is 3.64. The van der Waals surface area contributed by atoms with Crippen LogP contribution in [-0.2, 0) is 0 Å². The highest BCUT2D eigenvalue weighted by Crippen LogP contribution is 2.31. The van der Waals surface area contributed by atoms with Gasteiger partial charge in [0.15, 0.2) is 5.58 Å². The molecule has 1 heterocycles. The summed E-state index contributed by atoms with van der Waals surface area (Å²) in [7, 11) is 0. The van der Waals surface area contributed by atoms with Gasteiger partial charge in [0, 0.05) is 22.4 Å². The molecule has 4 rings (SSSR count). The van der Waals surface area contributed by atoms with Gasteiger partial charge in [-0.05, 0) is 86.3 Å². The minimum absolute atomic E-state index is 0.160. The molecule has 0 amide bonds. The van der Waals surface area contributed by atoms with E-state index < -0.39 is 0 Å². The lowest BCUT2D eigenvalue weighted by atomic mass is 10.0. The Morgan fingerprint density at radius 2 is 1.76 bits per heavy atom. The number of rotatable bonds is 3. The molecule has 29 heavy (non-hydrogen) atoms. The Balaban J connectivity index is 1.69. The van der Waals surface area contributed by atoms with E-state index in [-0.39, 0.29) is 5.75 Å². The van der Waals surface area contributed by atoms with Crippen molar-refractivity contribution in [3.8, 4) is 17.2 Å². The molecule has 1 aromatic heterocycles. The molecule has 0 fully saturated rings. The lowest BCUT2D eigenvalue weighted by molar-refractivity contribution is 0.473. The summed E-state index contributed by atoms with van der Waals surface area (Å²) < 4.78 is 5.91. The summed E-state index contributed by atoms with van der Waals surface area (Å²) in [4.78, 5) is 9.12. The fraction of sp³-hybridized carbons (Fsp3) is 0.167. The third-order valence-corrected chi connectivity index (χ3v) is 5.76. The molecular weight excluding hydrogens is 384 g/mol. The maximum Gasteiger partial charge on any atom is 0.227 e. The SMILES string of the molecule is Cc1ccc(-c2nc3cc(N=Cc4c(O)cc(C)c(Cl)c4C)ccc3o2)cc1C. The third-order valence-electron chi connectivity index (χ3n) is 5.18. The Hall–Kier alpha value is -3.11. The minimum atomic E-state index is 0.160. The Morgan fingerprint density at radius 1 is 0.966 bits per heavy atom. The van der Waals surface area contributed by atoms with E-state index in [9.17, 15) is 5.11 Å². The van der Waals surface area contributed by atoms with Crippen molar-refractivity contribution in [1.29, 1.82) is 0 Å². The number of aromatic nitrogens is 1. The Labute approximate surface area is 174 Å². The van der Waals surface area contributed by atoms with Crippen molar-refractivity contribution in [3.63, 3.8) is 0 Å². The molecule has 3 aromatic carbocycles. The molecule has 1 N–H and O–H groups in total. The highest BCUT2D eigenvalue weighted by molar-refractivity contribution is 6.32. The molecule has 0 unspecified atom stereocenters. The van der Waals surface area contributed by atoms with E-state index in [4.69, 9.17) is 16.0 Å². The first kappa shape index (κ1) is 19.2. The largest absolute Gasteiger partial charge is 0.507 e. The lowest BCUT2D eigenvalue weighted by Gasteiger charge is -2.08. The van der Waals surface area contributed by atoms with Crippen LogP contribution >= 0.6 is 11.6 Å². The molecule has 0 saturated heterocycles. The number of phenols is 1. The van der Waals surface area contributed by atoms with E-state index >= 15 is 0 Å². The van der Waals surface area contributed by atoms with E-state index in [2.05, 4.69) is 36.0 Å². The summed E-state index contributed by atoms with van der Waals surface area (Å²) in [5, 5.41) is 10.9. The smallest absolute Gasteiger partial charge is 0.227 e. The zero-order valence-electron chi connectivity index (χ0n) is 16.7. The molecular formula is C24H21ClN2O2. The number of benzene rings is 3. The van der Waals surface area contributed by atoms with Crippen LogP contribution in [0, 0.1) is 27.7 Å². The Bertz CT molecular complexity index is 1270. The minimum Gasteiger partial charge on any atom is -0.507 e. The molecule has 0 bridgehead atoms. The number of nitrogens with zero attached hydrogens (tertiary/aromatic N) is 2. The zero-order valence-corrected chi connectivity index (χ0v) is 17.5. The molecule has 0 saturated carbocycles. The molecule has 146 valence electrons. The first-order valence-electron chi connectivity index (χ1n) is 9.34. The van der Waals surface area contributed by atoms with E-state index in [0.717, 1.165) is 22.2 Å². The second-order valence-corrected chi connectivity index (χ2v) is 7.67. The topological polar surface area (TPSA) is 58.6 Å². The van der Waals surface area contributed by atoms with Gasteiger partial charge in [0.25, 0.3) is 0 Å². The average molecular weight is 405 g/mol. The average Bonchev–Trinajstić information content (AvgIpc) is 3.11. The van der Waals surface area contributed by atoms with Crippen molar-refractivity contribution in [3.05, 3.63) is 75.3 Å². The van der Waals surface area contributed by atoms with Crippen molar-refractivity contribution in [2.75, 3.05) is 0 Å². The molecule has 0 aliphatic heterocycles. The van der Waals surface area contributed by atoms with E-state index in [1.165, 1.54) is 11.1 Å². The van der Waals surface area contributed by atoms with Gasteiger partial charge in [-0.1, -0.05) is 17.7 Å². The van der Waals surface area contributed by atoms with Gasteiger partial charge in [0.05, 0.1) is 5.69 Å². The summed E-state index contributed by atoms with van der Waals surface area (Å²) in [6.45, 7) is 7.88. The highest BCUT2D eigenvalue weighted by atomic mass is 35.5. The van der Waals surface area contributed by atoms with Crippen LogP contribution in [0.25, 0.3) is 22.6 Å².